The SMILES string of the molecule is CC(=O)c1ccc(NC(=O)CSc2ccc(NC(=O)C(C)C)nn2)cc1. The zero-order valence-corrected chi connectivity index (χ0v) is 15.6. The normalized spacial score (nSPS) is 10.5. The molecule has 8 heteroatoms. The van der Waals surface area contributed by atoms with E-state index in [1.807, 2.05) is 0 Å². The largest absolute Gasteiger partial charge is 0.325 e. The number of carbonyl (C=O) groups is 3. The number of hydrogen-bond donors (Lipinski definition) is 2. The van der Waals surface area contributed by atoms with Gasteiger partial charge >= 0.3 is 0 Å². The Balaban J connectivity index is 1.83. The van der Waals surface area contributed by atoms with Gasteiger partial charge < -0.3 is 10.6 Å². The summed E-state index contributed by atoms with van der Waals surface area (Å²) in [5, 5.41) is 13.9. The predicted molar refractivity (Wildman–Crippen MR) is 101 cm³/mol. The molecule has 1 aromatic heterocycles. The van der Waals surface area contributed by atoms with E-state index < -0.39 is 0 Å². The van der Waals surface area contributed by atoms with Crippen molar-refractivity contribution in [2.24, 2.45) is 5.92 Å². The molecule has 7 nitrogen and oxygen atoms in total. The average molecular weight is 372 g/mol. The minimum Gasteiger partial charge on any atom is -0.325 e. The molecule has 2 N–H and O–H groups in total. The fourth-order valence-electron chi connectivity index (χ4n) is 1.86. The molecule has 0 bridgehead atoms. The van der Waals surface area contributed by atoms with Crippen molar-refractivity contribution in [3.8, 4) is 0 Å². The molecule has 0 radical (unpaired) electrons. The number of carbonyl (C=O) groups excluding carboxylic acids is 3. The minimum absolute atomic E-state index is 0.0231. The Morgan fingerprint density at radius 2 is 1.69 bits per heavy atom. The van der Waals surface area contributed by atoms with E-state index >= 15 is 0 Å². The number of aromatic nitrogens is 2. The third-order valence-corrected chi connectivity index (χ3v) is 4.26. The molecule has 1 heterocycles. The second-order valence-electron chi connectivity index (χ2n) is 5.87. The van der Waals surface area contributed by atoms with Gasteiger partial charge in [0.25, 0.3) is 0 Å². The number of thioether (sulfide) groups is 1. The second kappa shape index (κ2) is 9.10. The first-order chi connectivity index (χ1) is 12.3. The number of ketones is 1. The molecule has 0 unspecified atom stereocenters. The molecular weight excluding hydrogens is 352 g/mol. The highest BCUT2D eigenvalue weighted by Gasteiger charge is 2.09. The summed E-state index contributed by atoms with van der Waals surface area (Å²) in [4.78, 5) is 34.8. The lowest BCUT2D eigenvalue weighted by molar-refractivity contribution is -0.119. The zero-order valence-electron chi connectivity index (χ0n) is 14.8. The van der Waals surface area contributed by atoms with Crippen LogP contribution in [0.2, 0.25) is 0 Å². The van der Waals surface area contributed by atoms with Crippen molar-refractivity contribution in [3.63, 3.8) is 0 Å². The summed E-state index contributed by atoms with van der Waals surface area (Å²) < 4.78 is 0. The number of nitrogens with one attached hydrogen (secondary N) is 2. The Bertz CT molecular complexity index is 789. The first-order valence-corrected chi connectivity index (χ1v) is 9.02. The molecule has 0 aliphatic carbocycles. The van der Waals surface area contributed by atoms with Crippen molar-refractivity contribution >= 4 is 40.9 Å². The van der Waals surface area contributed by atoms with Gasteiger partial charge in [-0.1, -0.05) is 25.6 Å². The van der Waals surface area contributed by atoms with Crippen LogP contribution in [0.1, 0.15) is 31.1 Å². The number of anilines is 2. The van der Waals surface area contributed by atoms with Crippen molar-refractivity contribution in [2.45, 2.75) is 25.8 Å². The van der Waals surface area contributed by atoms with Crippen LogP contribution in [0.15, 0.2) is 41.4 Å². The molecule has 0 spiro atoms. The highest BCUT2D eigenvalue weighted by Crippen LogP contribution is 2.17. The molecule has 26 heavy (non-hydrogen) atoms. The first-order valence-electron chi connectivity index (χ1n) is 8.03. The van der Waals surface area contributed by atoms with Crippen LogP contribution in [0.5, 0.6) is 0 Å². The van der Waals surface area contributed by atoms with Crippen LogP contribution in [0, 0.1) is 5.92 Å². The zero-order chi connectivity index (χ0) is 19.1. The Morgan fingerprint density at radius 3 is 2.23 bits per heavy atom. The monoisotopic (exact) mass is 372 g/mol. The third kappa shape index (κ3) is 5.96. The van der Waals surface area contributed by atoms with E-state index in [1.54, 1.807) is 50.2 Å². The van der Waals surface area contributed by atoms with Crippen LogP contribution in [0.3, 0.4) is 0 Å². The van der Waals surface area contributed by atoms with Gasteiger partial charge in [-0.25, -0.2) is 0 Å². The molecule has 2 aromatic rings. The smallest absolute Gasteiger partial charge is 0.234 e. The lowest BCUT2D eigenvalue weighted by Gasteiger charge is -2.07. The second-order valence-corrected chi connectivity index (χ2v) is 6.87. The molecule has 0 atom stereocenters. The topological polar surface area (TPSA) is 101 Å². The van der Waals surface area contributed by atoms with Gasteiger partial charge in [0.05, 0.1) is 5.75 Å². The average Bonchev–Trinajstić information content (AvgIpc) is 2.61. The fourth-order valence-corrected chi connectivity index (χ4v) is 2.47. The van der Waals surface area contributed by atoms with Crippen LogP contribution >= 0.6 is 11.8 Å². The molecule has 0 aliphatic rings. The molecule has 2 rings (SSSR count). The van der Waals surface area contributed by atoms with Gasteiger partial charge in [-0.3, -0.25) is 14.4 Å². The first kappa shape index (κ1) is 19.6. The van der Waals surface area contributed by atoms with Crippen molar-refractivity contribution < 1.29 is 14.4 Å². The van der Waals surface area contributed by atoms with Crippen LogP contribution < -0.4 is 10.6 Å². The van der Waals surface area contributed by atoms with Crippen LogP contribution in [-0.4, -0.2) is 33.5 Å². The van der Waals surface area contributed by atoms with Crippen molar-refractivity contribution in [1.29, 1.82) is 0 Å². The van der Waals surface area contributed by atoms with E-state index in [-0.39, 0.29) is 29.3 Å². The van der Waals surface area contributed by atoms with E-state index in [4.69, 9.17) is 0 Å². The Kier molecular flexibility index (Phi) is 6.85. The van der Waals surface area contributed by atoms with Crippen molar-refractivity contribution in [3.05, 3.63) is 42.0 Å². The predicted octanol–water partition coefficient (Wildman–Crippen LogP) is 3.00. The maximum atomic E-state index is 12.0. The molecule has 0 saturated carbocycles. The summed E-state index contributed by atoms with van der Waals surface area (Å²) in [6, 6.07) is 10.1. The molecule has 0 aliphatic heterocycles. The fraction of sp³-hybridized carbons (Fsp3) is 0.278. The van der Waals surface area contributed by atoms with E-state index in [0.29, 0.717) is 22.1 Å². The van der Waals surface area contributed by atoms with Gasteiger partial charge in [-0.05, 0) is 43.3 Å². The summed E-state index contributed by atoms with van der Waals surface area (Å²) >= 11 is 1.24. The van der Waals surface area contributed by atoms with Crippen LogP contribution in [0.4, 0.5) is 11.5 Å². The Morgan fingerprint density at radius 1 is 1.00 bits per heavy atom. The Hall–Kier alpha value is -2.74. The molecule has 0 fully saturated rings. The molecule has 1 aromatic carbocycles. The van der Waals surface area contributed by atoms with Gasteiger partial charge in [0.1, 0.15) is 5.03 Å². The van der Waals surface area contributed by atoms with Gasteiger partial charge in [0.2, 0.25) is 11.8 Å². The highest BCUT2D eigenvalue weighted by atomic mass is 32.2. The highest BCUT2D eigenvalue weighted by molar-refractivity contribution is 7.99. The Labute approximate surface area is 156 Å². The minimum atomic E-state index is -0.190. The van der Waals surface area contributed by atoms with Gasteiger partial charge in [-0.2, -0.15) is 0 Å². The standard InChI is InChI=1S/C18H20N4O3S/c1-11(2)18(25)20-15-8-9-17(22-21-15)26-10-16(24)19-14-6-4-13(5-7-14)12(3)23/h4-9,11H,10H2,1-3H3,(H,19,24)(H,20,21,25). The van der Waals surface area contributed by atoms with Gasteiger partial charge in [0.15, 0.2) is 11.6 Å². The number of Topliss-reactive ketones (excluding diaryl/α,β-unsaturated/α-hetero) is 1. The summed E-state index contributed by atoms with van der Waals surface area (Å²) in [7, 11) is 0. The summed E-state index contributed by atoms with van der Waals surface area (Å²) in [5.74, 6) is 0.0625. The third-order valence-electron chi connectivity index (χ3n) is 3.34. The van der Waals surface area contributed by atoms with Gasteiger partial charge in [-0.15, -0.1) is 10.2 Å². The summed E-state index contributed by atoms with van der Waals surface area (Å²) in [6.45, 7) is 5.07. The number of amides is 2. The lowest BCUT2D eigenvalue weighted by atomic mass is 10.1. The molecule has 2 amide bonds. The van der Waals surface area contributed by atoms with Crippen LogP contribution in [-0.2, 0) is 9.59 Å². The molecular formula is C18H20N4O3S. The lowest BCUT2D eigenvalue weighted by Crippen LogP contribution is -2.18. The molecule has 0 saturated heterocycles. The number of hydrogen-bond acceptors (Lipinski definition) is 6. The van der Waals surface area contributed by atoms with Crippen molar-refractivity contribution in [1.82, 2.24) is 10.2 Å². The van der Waals surface area contributed by atoms with E-state index in [1.165, 1.54) is 18.7 Å². The maximum absolute atomic E-state index is 12.0. The summed E-state index contributed by atoms with van der Waals surface area (Å²) in [5.41, 5.74) is 1.22. The maximum Gasteiger partial charge on any atom is 0.234 e. The van der Waals surface area contributed by atoms with E-state index in [0.717, 1.165) is 0 Å². The van der Waals surface area contributed by atoms with Gasteiger partial charge in [0, 0.05) is 17.2 Å². The van der Waals surface area contributed by atoms with E-state index in [2.05, 4.69) is 20.8 Å². The van der Waals surface area contributed by atoms with Crippen molar-refractivity contribution in [2.75, 3.05) is 16.4 Å². The quantitative estimate of drug-likeness (QED) is 0.572. The van der Waals surface area contributed by atoms with E-state index in [9.17, 15) is 14.4 Å². The number of benzene rings is 1. The number of rotatable bonds is 7. The van der Waals surface area contributed by atoms with Crippen LogP contribution in [0.25, 0.3) is 0 Å². The summed E-state index contributed by atoms with van der Waals surface area (Å²) in [6.07, 6.45) is 0. The number of nitrogens with zero attached hydrogens (tertiary/aromatic N) is 2. The molecule has 136 valence electrons.